The van der Waals surface area contributed by atoms with Crippen LogP contribution in [0.25, 0.3) is 0 Å². The lowest BCUT2D eigenvalue weighted by Crippen LogP contribution is -2.40. The fraction of sp³-hybridized carbons (Fsp3) is 0.667. The second kappa shape index (κ2) is 12.0. The first-order valence-corrected chi connectivity index (χ1v) is 11.2. The van der Waals surface area contributed by atoms with Crippen LogP contribution in [0.15, 0.2) is 24.3 Å². The van der Waals surface area contributed by atoms with Crippen molar-refractivity contribution in [2.24, 2.45) is 5.41 Å². The summed E-state index contributed by atoms with van der Waals surface area (Å²) in [6.45, 7) is 4.83. The summed E-state index contributed by atoms with van der Waals surface area (Å²) >= 11 is 0. The van der Waals surface area contributed by atoms with Gasteiger partial charge in [-0.2, -0.15) is 0 Å². The predicted octanol–water partition coefficient (Wildman–Crippen LogP) is 4.87. The minimum atomic E-state index is -1.39. The third kappa shape index (κ3) is 6.84. The van der Waals surface area contributed by atoms with Crippen LogP contribution in [0.3, 0.4) is 0 Å². The number of hydrogen-bond donors (Lipinski definition) is 2. The minimum Gasteiger partial charge on any atom is -0.480 e. The van der Waals surface area contributed by atoms with Gasteiger partial charge in [-0.1, -0.05) is 63.3 Å². The molecule has 1 fully saturated rings. The van der Waals surface area contributed by atoms with Crippen molar-refractivity contribution in [1.29, 1.82) is 0 Å². The standard InChI is InChI=1S/C24H37NO4/c1-3-5-6-7-8-9-10-19-11-13-20(14-12-19)18-25-21-15-16-24(17-21,22(26)27)23(28)29-4-2/h11-14,21,25H,3-10,15-18H2,1-2H3,(H,26,27). The van der Waals surface area contributed by atoms with E-state index >= 15 is 0 Å². The molecule has 0 bridgehead atoms. The van der Waals surface area contributed by atoms with Crippen LogP contribution in [-0.2, 0) is 27.3 Å². The molecule has 0 spiro atoms. The highest BCUT2D eigenvalue weighted by Gasteiger charge is 2.52. The topological polar surface area (TPSA) is 75.6 Å². The molecule has 0 amide bonds. The van der Waals surface area contributed by atoms with E-state index in [-0.39, 0.29) is 19.1 Å². The van der Waals surface area contributed by atoms with E-state index in [0.29, 0.717) is 19.4 Å². The van der Waals surface area contributed by atoms with Gasteiger partial charge in [-0.15, -0.1) is 0 Å². The fourth-order valence-electron chi connectivity index (χ4n) is 4.15. The maximum absolute atomic E-state index is 12.2. The van der Waals surface area contributed by atoms with Crippen LogP contribution in [0, 0.1) is 5.41 Å². The molecule has 1 aliphatic rings. The first-order valence-electron chi connectivity index (χ1n) is 11.2. The first-order chi connectivity index (χ1) is 14.0. The first kappa shape index (κ1) is 23.4. The number of nitrogens with one attached hydrogen (secondary N) is 1. The molecular weight excluding hydrogens is 366 g/mol. The molecule has 2 rings (SSSR count). The summed E-state index contributed by atoms with van der Waals surface area (Å²) in [6.07, 6.45) is 10.3. The zero-order valence-electron chi connectivity index (χ0n) is 18.0. The van der Waals surface area contributed by atoms with Gasteiger partial charge < -0.3 is 15.2 Å². The predicted molar refractivity (Wildman–Crippen MR) is 115 cm³/mol. The fourth-order valence-corrected chi connectivity index (χ4v) is 4.15. The Labute approximate surface area is 175 Å². The van der Waals surface area contributed by atoms with E-state index in [2.05, 4.69) is 36.5 Å². The van der Waals surface area contributed by atoms with Gasteiger partial charge in [0.05, 0.1) is 6.61 Å². The molecule has 29 heavy (non-hydrogen) atoms. The molecule has 0 aliphatic heterocycles. The number of esters is 1. The number of aryl methyl sites for hydroxylation is 1. The largest absolute Gasteiger partial charge is 0.480 e. The van der Waals surface area contributed by atoms with Crippen LogP contribution < -0.4 is 5.32 Å². The van der Waals surface area contributed by atoms with E-state index in [4.69, 9.17) is 4.74 Å². The molecule has 2 unspecified atom stereocenters. The van der Waals surface area contributed by atoms with E-state index in [1.54, 1.807) is 6.92 Å². The maximum Gasteiger partial charge on any atom is 0.323 e. The lowest BCUT2D eigenvalue weighted by molar-refractivity contribution is -0.168. The van der Waals surface area contributed by atoms with Crippen LogP contribution in [-0.4, -0.2) is 29.7 Å². The lowest BCUT2D eigenvalue weighted by atomic mass is 9.86. The molecule has 0 aromatic heterocycles. The number of carbonyl (C=O) groups excluding carboxylic acids is 1. The Balaban J connectivity index is 1.76. The Hall–Kier alpha value is -1.88. The van der Waals surface area contributed by atoms with Crippen molar-refractivity contribution in [2.45, 2.75) is 90.6 Å². The number of ether oxygens (including phenoxy) is 1. The molecule has 162 valence electrons. The van der Waals surface area contributed by atoms with Crippen molar-refractivity contribution in [3.05, 3.63) is 35.4 Å². The van der Waals surface area contributed by atoms with Gasteiger partial charge in [0.2, 0.25) is 0 Å². The van der Waals surface area contributed by atoms with Gasteiger partial charge in [-0.05, 0) is 50.2 Å². The molecule has 1 aliphatic carbocycles. The number of carboxylic acids is 1. The normalized spacial score (nSPS) is 21.2. The number of hydrogen-bond acceptors (Lipinski definition) is 4. The number of carboxylic acid groups (broad SMARTS) is 1. The van der Waals surface area contributed by atoms with Crippen molar-refractivity contribution in [3.8, 4) is 0 Å². The second-order valence-electron chi connectivity index (χ2n) is 8.26. The summed E-state index contributed by atoms with van der Waals surface area (Å²) < 4.78 is 5.03. The van der Waals surface area contributed by atoms with Gasteiger partial charge in [0.25, 0.3) is 0 Å². The third-order valence-electron chi connectivity index (χ3n) is 6.03. The molecular formula is C24H37NO4. The maximum atomic E-state index is 12.2. The molecule has 0 saturated heterocycles. The van der Waals surface area contributed by atoms with Crippen molar-refractivity contribution in [3.63, 3.8) is 0 Å². The van der Waals surface area contributed by atoms with Crippen molar-refractivity contribution in [1.82, 2.24) is 5.32 Å². The molecule has 2 N–H and O–H groups in total. The molecule has 0 heterocycles. The quantitative estimate of drug-likeness (QED) is 0.279. The minimum absolute atomic E-state index is 0.0123. The number of carbonyl (C=O) groups is 2. The van der Waals surface area contributed by atoms with Crippen molar-refractivity contribution >= 4 is 11.9 Å². The van der Waals surface area contributed by atoms with Crippen LogP contribution in [0.1, 0.15) is 82.8 Å². The highest BCUT2D eigenvalue weighted by Crippen LogP contribution is 2.40. The van der Waals surface area contributed by atoms with Crippen LogP contribution >= 0.6 is 0 Å². The van der Waals surface area contributed by atoms with E-state index in [0.717, 1.165) is 6.42 Å². The SMILES string of the molecule is CCCCCCCCc1ccc(CNC2CCC(C(=O)O)(C(=O)OCC)C2)cc1. The van der Waals surface area contributed by atoms with Crippen LogP contribution in [0.5, 0.6) is 0 Å². The Bertz CT molecular complexity index is 643. The summed E-state index contributed by atoms with van der Waals surface area (Å²) in [6, 6.07) is 8.68. The number of aliphatic carboxylic acids is 1. The molecule has 0 radical (unpaired) electrons. The van der Waals surface area contributed by atoms with Gasteiger partial charge >= 0.3 is 11.9 Å². The molecule has 1 aromatic rings. The molecule has 1 saturated carbocycles. The van der Waals surface area contributed by atoms with Crippen LogP contribution in [0.2, 0.25) is 0 Å². The zero-order chi connectivity index (χ0) is 21.1. The second-order valence-corrected chi connectivity index (χ2v) is 8.26. The number of benzene rings is 1. The summed E-state index contributed by atoms with van der Waals surface area (Å²) in [7, 11) is 0. The summed E-state index contributed by atoms with van der Waals surface area (Å²) in [5.74, 6) is -1.67. The highest BCUT2D eigenvalue weighted by atomic mass is 16.5. The van der Waals surface area contributed by atoms with Gasteiger partial charge in [-0.3, -0.25) is 9.59 Å². The number of rotatable bonds is 13. The molecule has 1 aromatic carbocycles. The van der Waals surface area contributed by atoms with Crippen molar-refractivity contribution in [2.75, 3.05) is 6.61 Å². The van der Waals surface area contributed by atoms with Gasteiger partial charge in [-0.25, -0.2) is 0 Å². The van der Waals surface area contributed by atoms with E-state index in [1.807, 2.05) is 0 Å². The van der Waals surface area contributed by atoms with Gasteiger partial charge in [0.1, 0.15) is 0 Å². The summed E-state index contributed by atoms with van der Waals surface area (Å²) in [5, 5.41) is 13.0. The van der Waals surface area contributed by atoms with Crippen LogP contribution in [0.4, 0.5) is 0 Å². The van der Waals surface area contributed by atoms with Crippen molar-refractivity contribution < 1.29 is 19.4 Å². The van der Waals surface area contributed by atoms with Gasteiger partial charge in [0.15, 0.2) is 5.41 Å². The Morgan fingerprint density at radius 1 is 1.07 bits per heavy atom. The van der Waals surface area contributed by atoms with E-state index < -0.39 is 17.4 Å². The average molecular weight is 404 g/mol. The lowest BCUT2D eigenvalue weighted by Gasteiger charge is -2.22. The average Bonchev–Trinajstić information content (AvgIpc) is 3.16. The molecule has 5 heteroatoms. The van der Waals surface area contributed by atoms with Gasteiger partial charge in [0, 0.05) is 12.6 Å². The Morgan fingerprint density at radius 3 is 2.38 bits per heavy atom. The number of unbranched alkanes of at least 4 members (excludes halogenated alkanes) is 5. The molecule has 2 atom stereocenters. The van der Waals surface area contributed by atoms with E-state index in [9.17, 15) is 14.7 Å². The smallest absolute Gasteiger partial charge is 0.323 e. The zero-order valence-corrected chi connectivity index (χ0v) is 18.0. The Morgan fingerprint density at radius 2 is 1.72 bits per heavy atom. The highest BCUT2D eigenvalue weighted by molar-refractivity contribution is 5.99. The third-order valence-corrected chi connectivity index (χ3v) is 6.03. The molecule has 5 nitrogen and oxygen atoms in total. The summed E-state index contributed by atoms with van der Waals surface area (Å²) in [5.41, 5.74) is 1.16. The van der Waals surface area contributed by atoms with E-state index in [1.165, 1.54) is 49.7 Å². The monoisotopic (exact) mass is 403 g/mol. The summed E-state index contributed by atoms with van der Waals surface area (Å²) in [4.78, 5) is 23.9. The Kier molecular flexibility index (Phi) is 9.65.